The van der Waals surface area contributed by atoms with Gasteiger partial charge >= 0.3 is 6.03 Å². The number of benzene rings is 2. The van der Waals surface area contributed by atoms with E-state index in [1.807, 2.05) is 31.2 Å². The van der Waals surface area contributed by atoms with Gasteiger partial charge in [0.15, 0.2) is 0 Å². The van der Waals surface area contributed by atoms with Gasteiger partial charge in [0.25, 0.3) is 5.91 Å². The van der Waals surface area contributed by atoms with Gasteiger partial charge in [-0.15, -0.1) is 10.2 Å². The van der Waals surface area contributed by atoms with Crippen LogP contribution in [0.4, 0.5) is 4.79 Å². The first-order valence-electron chi connectivity index (χ1n) is 8.67. The molecule has 1 aromatic heterocycles. The van der Waals surface area contributed by atoms with Gasteiger partial charge in [0.2, 0.25) is 11.8 Å². The predicted molar refractivity (Wildman–Crippen MR) is 102 cm³/mol. The zero-order valence-electron chi connectivity index (χ0n) is 15.3. The molecular weight excluding hydrogens is 380 g/mol. The molecule has 8 heteroatoms. The minimum Gasteiger partial charge on any atom is -0.419 e. The van der Waals surface area contributed by atoms with Crippen LogP contribution in [0, 0.1) is 6.92 Å². The molecule has 1 fully saturated rings. The van der Waals surface area contributed by atoms with E-state index in [4.69, 9.17) is 16.0 Å². The fourth-order valence-corrected chi connectivity index (χ4v) is 3.34. The molecule has 0 bridgehead atoms. The first kappa shape index (κ1) is 18.2. The van der Waals surface area contributed by atoms with Crippen molar-refractivity contribution in [1.29, 1.82) is 0 Å². The molecule has 142 valence electrons. The summed E-state index contributed by atoms with van der Waals surface area (Å²) in [5.74, 6) is -0.000581. The number of aryl methyl sites for hydroxylation is 1. The van der Waals surface area contributed by atoms with Crippen LogP contribution in [-0.2, 0) is 16.9 Å². The van der Waals surface area contributed by atoms with Crippen LogP contribution in [0.25, 0.3) is 11.5 Å². The molecule has 7 nitrogen and oxygen atoms in total. The number of halogens is 1. The van der Waals surface area contributed by atoms with E-state index in [0.717, 1.165) is 10.5 Å². The molecule has 1 aliphatic rings. The van der Waals surface area contributed by atoms with Gasteiger partial charge in [-0.05, 0) is 31.5 Å². The maximum Gasteiger partial charge on any atom is 0.325 e. The average Bonchev–Trinajstić information content (AvgIpc) is 3.22. The van der Waals surface area contributed by atoms with Crippen molar-refractivity contribution in [2.45, 2.75) is 25.9 Å². The zero-order chi connectivity index (χ0) is 19.9. The number of imide groups is 1. The molecule has 1 N–H and O–H groups in total. The van der Waals surface area contributed by atoms with Crippen molar-refractivity contribution < 1.29 is 14.0 Å². The molecule has 0 spiro atoms. The van der Waals surface area contributed by atoms with Gasteiger partial charge in [0.05, 0.1) is 10.6 Å². The van der Waals surface area contributed by atoms with Crippen molar-refractivity contribution in [3.05, 3.63) is 70.6 Å². The second kappa shape index (κ2) is 6.76. The van der Waals surface area contributed by atoms with Gasteiger partial charge in [-0.3, -0.25) is 9.69 Å². The number of carbonyl (C=O) groups excluding carboxylic acids is 2. The maximum absolute atomic E-state index is 13.0. The highest BCUT2D eigenvalue weighted by atomic mass is 35.5. The highest BCUT2D eigenvalue weighted by molar-refractivity contribution is 6.33. The van der Waals surface area contributed by atoms with Gasteiger partial charge in [-0.1, -0.05) is 53.6 Å². The van der Waals surface area contributed by atoms with Crippen molar-refractivity contribution in [3.63, 3.8) is 0 Å². The first-order chi connectivity index (χ1) is 13.4. The number of urea groups is 1. The molecule has 3 aromatic rings. The molecule has 1 aliphatic heterocycles. The summed E-state index contributed by atoms with van der Waals surface area (Å²) < 4.78 is 5.62. The lowest BCUT2D eigenvalue weighted by atomic mass is 9.91. The van der Waals surface area contributed by atoms with Crippen molar-refractivity contribution in [1.82, 2.24) is 20.4 Å². The number of nitrogens with one attached hydrogen (secondary N) is 1. The molecule has 4 rings (SSSR count). The summed E-state index contributed by atoms with van der Waals surface area (Å²) in [6.07, 6.45) is 0. The Morgan fingerprint density at radius 3 is 2.54 bits per heavy atom. The number of hydrogen-bond acceptors (Lipinski definition) is 5. The second-order valence-corrected chi connectivity index (χ2v) is 7.20. The normalized spacial score (nSPS) is 19.2. The van der Waals surface area contributed by atoms with Crippen LogP contribution in [0.15, 0.2) is 52.9 Å². The lowest BCUT2D eigenvalue weighted by Crippen LogP contribution is -2.40. The van der Waals surface area contributed by atoms with E-state index in [0.29, 0.717) is 16.1 Å². The standard InChI is InChI=1S/C20H17ClN4O3/c1-12-7-9-13(10-8-12)20(2)18(26)25(19(27)22-20)11-16-23-24-17(28-16)14-5-3-4-6-15(14)21/h3-10H,11H2,1-2H3,(H,22,27). The second-order valence-electron chi connectivity index (χ2n) is 6.79. The Labute approximate surface area is 166 Å². The summed E-state index contributed by atoms with van der Waals surface area (Å²) in [4.78, 5) is 26.5. The van der Waals surface area contributed by atoms with Crippen molar-refractivity contribution in [2.24, 2.45) is 0 Å². The van der Waals surface area contributed by atoms with Crippen molar-refractivity contribution >= 4 is 23.5 Å². The number of nitrogens with zero attached hydrogens (tertiary/aromatic N) is 3. The van der Waals surface area contributed by atoms with Crippen molar-refractivity contribution in [2.75, 3.05) is 0 Å². The van der Waals surface area contributed by atoms with Gasteiger partial charge in [-0.2, -0.15) is 0 Å². The van der Waals surface area contributed by atoms with E-state index in [1.54, 1.807) is 31.2 Å². The highest BCUT2D eigenvalue weighted by Gasteiger charge is 2.49. The number of hydrogen-bond donors (Lipinski definition) is 1. The summed E-state index contributed by atoms with van der Waals surface area (Å²) in [5, 5.41) is 11.2. The maximum atomic E-state index is 13.0. The number of rotatable bonds is 4. The fourth-order valence-electron chi connectivity index (χ4n) is 3.12. The SMILES string of the molecule is Cc1ccc(C2(C)NC(=O)N(Cc3nnc(-c4ccccc4Cl)o3)C2=O)cc1. The van der Waals surface area contributed by atoms with Crippen LogP contribution < -0.4 is 5.32 Å². The molecule has 0 aliphatic carbocycles. The van der Waals surface area contributed by atoms with Crippen LogP contribution in [0.1, 0.15) is 23.9 Å². The van der Waals surface area contributed by atoms with Crippen molar-refractivity contribution in [3.8, 4) is 11.5 Å². The molecular formula is C20H17ClN4O3. The van der Waals surface area contributed by atoms with Crippen LogP contribution in [0.5, 0.6) is 0 Å². The molecule has 0 radical (unpaired) electrons. The third-order valence-corrected chi connectivity index (χ3v) is 5.10. The smallest absolute Gasteiger partial charge is 0.325 e. The Bertz CT molecular complexity index is 1060. The van der Waals surface area contributed by atoms with Gasteiger partial charge in [0, 0.05) is 0 Å². The number of carbonyl (C=O) groups is 2. The molecule has 28 heavy (non-hydrogen) atoms. The summed E-state index contributed by atoms with van der Waals surface area (Å²) in [7, 11) is 0. The topological polar surface area (TPSA) is 88.3 Å². The average molecular weight is 397 g/mol. The van der Waals surface area contributed by atoms with Gasteiger partial charge in [0.1, 0.15) is 12.1 Å². The van der Waals surface area contributed by atoms with Crippen LogP contribution in [-0.4, -0.2) is 27.0 Å². The predicted octanol–water partition coefficient (Wildman–Crippen LogP) is 3.67. The lowest BCUT2D eigenvalue weighted by Gasteiger charge is -2.22. The molecule has 2 aromatic carbocycles. The van der Waals surface area contributed by atoms with Gasteiger partial charge < -0.3 is 9.73 Å². The molecule has 3 amide bonds. The minimum atomic E-state index is -1.14. The Morgan fingerprint density at radius 1 is 1.11 bits per heavy atom. The van der Waals surface area contributed by atoms with E-state index < -0.39 is 11.6 Å². The molecule has 0 saturated carbocycles. The lowest BCUT2D eigenvalue weighted by molar-refractivity contribution is -0.131. The van der Waals surface area contributed by atoms with E-state index >= 15 is 0 Å². The molecule has 1 unspecified atom stereocenters. The van der Waals surface area contributed by atoms with E-state index in [1.165, 1.54) is 0 Å². The largest absolute Gasteiger partial charge is 0.419 e. The summed E-state index contributed by atoms with van der Waals surface area (Å²) in [6, 6.07) is 14.0. The highest BCUT2D eigenvalue weighted by Crippen LogP contribution is 2.31. The number of aromatic nitrogens is 2. The number of amides is 3. The summed E-state index contributed by atoms with van der Waals surface area (Å²) in [5.41, 5.74) is 1.22. The minimum absolute atomic E-state index is 0.121. The zero-order valence-corrected chi connectivity index (χ0v) is 16.0. The monoisotopic (exact) mass is 396 g/mol. The third-order valence-electron chi connectivity index (χ3n) is 4.77. The Balaban J connectivity index is 1.58. The van der Waals surface area contributed by atoms with E-state index in [2.05, 4.69) is 15.5 Å². The van der Waals surface area contributed by atoms with Crippen LogP contribution in [0.2, 0.25) is 5.02 Å². The fraction of sp³-hybridized carbons (Fsp3) is 0.200. The quantitative estimate of drug-likeness (QED) is 0.680. The molecule has 1 saturated heterocycles. The Kier molecular flexibility index (Phi) is 4.39. The molecule has 2 heterocycles. The van der Waals surface area contributed by atoms with E-state index in [-0.39, 0.29) is 24.2 Å². The van der Waals surface area contributed by atoms with Crippen LogP contribution >= 0.6 is 11.6 Å². The van der Waals surface area contributed by atoms with Crippen LogP contribution in [0.3, 0.4) is 0 Å². The third kappa shape index (κ3) is 3.03. The molecule has 1 atom stereocenters. The first-order valence-corrected chi connectivity index (χ1v) is 9.05. The summed E-state index contributed by atoms with van der Waals surface area (Å²) in [6.45, 7) is 3.52. The Hall–Kier alpha value is -3.19. The summed E-state index contributed by atoms with van der Waals surface area (Å²) >= 11 is 6.14. The Morgan fingerprint density at radius 2 is 1.82 bits per heavy atom. The van der Waals surface area contributed by atoms with E-state index in [9.17, 15) is 9.59 Å². The van der Waals surface area contributed by atoms with Gasteiger partial charge in [-0.25, -0.2) is 4.79 Å².